The Kier molecular flexibility index (Phi) is 4.98. The Bertz CT molecular complexity index is 930. The van der Waals surface area contributed by atoms with Crippen molar-refractivity contribution in [1.82, 2.24) is 9.97 Å². The van der Waals surface area contributed by atoms with E-state index in [-0.39, 0.29) is 17.8 Å². The fourth-order valence-corrected chi connectivity index (χ4v) is 2.58. The number of carbonyl (C=O) groups is 1. The zero-order chi connectivity index (χ0) is 18.5. The maximum atomic E-state index is 13.2. The predicted octanol–water partition coefficient (Wildman–Crippen LogP) is 3.54. The Labute approximate surface area is 150 Å². The number of hydrogen-bond donors (Lipinski definition) is 0. The number of hydrogen-bond acceptors (Lipinski definition) is 5. The number of aromatic nitrogens is 2. The molecule has 0 aliphatic carbocycles. The fourth-order valence-electron chi connectivity index (χ4n) is 2.58. The molecule has 1 aromatic carbocycles. The lowest BCUT2D eigenvalue weighted by Gasteiger charge is -2.22. The second-order valence-corrected chi connectivity index (χ2v) is 5.70. The van der Waals surface area contributed by atoms with Crippen LogP contribution >= 0.6 is 0 Å². The summed E-state index contributed by atoms with van der Waals surface area (Å²) >= 11 is 0. The topological polar surface area (TPSA) is 89.2 Å². The van der Waals surface area contributed by atoms with E-state index in [4.69, 9.17) is 0 Å². The van der Waals surface area contributed by atoms with Gasteiger partial charge in [0.2, 0.25) is 0 Å². The number of carbonyl (C=O) groups excluding carboxylic acids is 1. The van der Waals surface area contributed by atoms with Crippen LogP contribution in [-0.2, 0) is 6.54 Å². The Morgan fingerprint density at radius 1 is 1.12 bits per heavy atom. The average Bonchev–Trinajstić information content (AvgIpc) is 2.67. The van der Waals surface area contributed by atoms with E-state index < -0.39 is 10.8 Å². The van der Waals surface area contributed by atoms with Gasteiger partial charge in [0.25, 0.3) is 11.6 Å². The van der Waals surface area contributed by atoms with Gasteiger partial charge in [0, 0.05) is 30.3 Å². The third kappa shape index (κ3) is 3.72. The number of pyridine rings is 2. The largest absolute Gasteiger partial charge is 0.302 e. The van der Waals surface area contributed by atoms with E-state index in [1.807, 2.05) is 6.07 Å². The smallest absolute Gasteiger partial charge is 0.282 e. The molecule has 2 aromatic heterocycles. The van der Waals surface area contributed by atoms with Crippen molar-refractivity contribution in [2.24, 2.45) is 0 Å². The summed E-state index contributed by atoms with van der Waals surface area (Å²) in [5.74, 6) is -0.461. The Hall–Kier alpha value is -3.61. The van der Waals surface area contributed by atoms with Gasteiger partial charge in [-0.2, -0.15) is 0 Å². The summed E-state index contributed by atoms with van der Waals surface area (Å²) in [5.41, 5.74) is 1.86. The first-order valence-electron chi connectivity index (χ1n) is 7.93. The van der Waals surface area contributed by atoms with Crippen molar-refractivity contribution < 1.29 is 9.72 Å². The molecule has 0 radical (unpaired) electrons. The molecule has 0 spiro atoms. The van der Waals surface area contributed by atoms with Crippen LogP contribution in [0.25, 0.3) is 0 Å². The number of nitro benzene ring substituents is 1. The molecule has 3 aromatic rings. The van der Waals surface area contributed by atoms with Gasteiger partial charge in [-0.3, -0.25) is 24.9 Å². The van der Waals surface area contributed by atoms with Gasteiger partial charge in [-0.1, -0.05) is 12.1 Å². The summed E-state index contributed by atoms with van der Waals surface area (Å²) in [5, 5.41) is 11.4. The maximum Gasteiger partial charge on any atom is 0.282 e. The van der Waals surface area contributed by atoms with Crippen LogP contribution in [0, 0.1) is 17.0 Å². The number of aryl methyl sites for hydroxylation is 1. The number of amides is 1. The van der Waals surface area contributed by atoms with Crippen LogP contribution in [0.1, 0.15) is 21.6 Å². The quantitative estimate of drug-likeness (QED) is 0.520. The Morgan fingerprint density at radius 3 is 2.54 bits per heavy atom. The highest BCUT2D eigenvalue weighted by molar-refractivity contribution is 6.08. The van der Waals surface area contributed by atoms with E-state index >= 15 is 0 Å². The molecule has 0 aliphatic heterocycles. The molecule has 2 heterocycles. The number of anilines is 1. The number of benzene rings is 1. The monoisotopic (exact) mass is 348 g/mol. The summed E-state index contributed by atoms with van der Waals surface area (Å²) in [6.07, 6.45) is 4.77. The molecule has 0 saturated carbocycles. The first-order chi connectivity index (χ1) is 12.6. The zero-order valence-corrected chi connectivity index (χ0v) is 14.1. The first-order valence-corrected chi connectivity index (χ1v) is 7.93. The standard InChI is InChI=1S/C19H16N4O3/c1-14-5-6-18(23(25)26)17(12-14)19(24)22(16-7-10-20-11-8-16)13-15-4-2-3-9-21-15/h2-12H,13H2,1H3. The summed E-state index contributed by atoms with van der Waals surface area (Å²) in [6.45, 7) is 1.98. The Balaban J connectivity index is 2.06. The van der Waals surface area contributed by atoms with Crippen LogP contribution < -0.4 is 4.90 Å². The molecular formula is C19H16N4O3. The summed E-state index contributed by atoms with van der Waals surface area (Å²) in [7, 11) is 0. The molecular weight excluding hydrogens is 332 g/mol. The summed E-state index contributed by atoms with van der Waals surface area (Å²) < 4.78 is 0. The zero-order valence-electron chi connectivity index (χ0n) is 14.1. The molecule has 0 fully saturated rings. The molecule has 0 saturated heterocycles. The van der Waals surface area contributed by atoms with Crippen LogP contribution in [0.5, 0.6) is 0 Å². The third-order valence-corrected chi connectivity index (χ3v) is 3.84. The number of rotatable bonds is 5. The average molecular weight is 348 g/mol. The number of nitro groups is 1. The van der Waals surface area contributed by atoms with Crippen LogP contribution in [0.15, 0.2) is 67.1 Å². The van der Waals surface area contributed by atoms with E-state index in [1.54, 1.807) is 55.8 Å². The van der Waals surface area contributed by atoms with E-state index in [0.717, 1.165) is 5.56 Å². The van der Waals surface area contributed by atoms with Gasteiger partial charge in [0.15, 0.2) is 0 Å². The van der Waals surface area contributed by atoms with Crippen molar-refractivity contribution in [3.63, 3.8) is 0 Å². The normalized spacial score (nSPS) is 10.3. The van der Waals surface area contributed by atoms with Gasteiger partial charge in [-0.05, 0) is 42.8 Å². The van der Waals surface area contributed by atoms with Gasteiger partial charge >= 0.3 is 0 Å². The van der Waals surface area contributed by atoms with Crippen LogP contribution in [-0.4, -0.2) is 20.8 Å². The van der Waals surface area contributed by atoms with Crippen molar-refractivity contribution in [3.8, 4) is 0 Å². The summed E-state index contributed by atoms with van der Waals surface area (Å²) in [6, 6.07) is 13.3. The van der Waals surface area contributed by atoms with Crippen molar-refractivity contribution >= 4 is 17.3 Å². The summed E-state index contributed by atoms with van der Waals surface area (Å²) in [4.78, 5) is 33.7. The van der Waals surface area contributed by atoms with E-state index in [9.17, 15) is 14.9 Å². The molecule has 0 atom stereocenters. The second-order valence-electron chi connectivity index (χ2n) is 5.70. The molecule has 7 nitrogen and oxygen atoms in total. The lowest BCUT2D eigenvalue weighted by molar-refractivity contribution is -0.385. The molecule has 130 valence electrons. The van der Waals surface area contributed by atoms with Crippen molar-refractivity contribution in [2.75, 3.05) is 4.90 Å². The van der Waals surface area contributed by atoms with Gasteiger partial charge in [0.1, 0.15) is 5.56 Å². The fraction of sp³-hybridized carbons (Fsp3) is 0.105. The second kappa shape index (κ2) is 7.52. The lowest BCUT2D eigenvalue weighted by Crippen LogP contribution is -2.31. The maximum absolute atomic E-state index is 13.2. The molecule has 0 unspecified atom stereocenters. The molecule has 7 heteroatoms. The molecule has 26 heavy (non-hydrogen) atoms. The van der Waals surface area contributed by atoms with Crippen LogP contribution in [0.3, 0.4) is 0 Å². The molecule has 1 amide bonds. The van der Waals surface area contributed by atoms with Crippen LogP contribution in [0.2, 0.25) is 0 Å². The van der Waals surface area contributed by atoms with Crippen molar-refractivity contribution in [1.29, 1.82) is 0 Å². The highest BCUT2D eigenvalue weighted by Gasteiger charge is 2.26. The van der Waals surface area contributed by atoms with Gasteiger partial charge in [-0.15, -0.1) is 0 Å². The van der Waals surface area contributed by atoms with Crippen LogP contribution in [0.4, 0.5) is 11.4 Å². The van der Waals surface area contributed by atoms with Crippen molar-refractivity contribution in [3.05, 3.63) is 94.1 Å². The van der Waals surface area contributed by atoms with E-state index in [0.29, 0.717) is 11.4 Å². The molecule has 0 aliphatic rings. The van der Waals surface area contributed by atoms with E-state index in [2.05, 4.69) is 9.97 Å². The Morgan fingerprint density at radius 2 is 1.88 bits per heavy atom. The minimum Gasteiger partial charge on any atom is -0.302 e. The van der Waals surface area contributed by atoms with Gasteiger partial charge in [-0.25, -0.2) is 0 Å². The highest BCUT2D eigenvalue weighted by Crippen LogP contribution is 2.25. The highest BCUT2D eigenvalue weighted by atomic mass is 16.6. The lowest BCUT2D eigenvalue weighted by atomic mass is 10.1. The first kappa shape index (κ1) is 17.2. The van der Waals surface area contributed by atoms with Crippen molar-refractivity contribution in [2.45, 2.75) is 13.5 Å². The molecule has 3 rings (SSSR count). The predicted molar refractivity (Wildman–Crippen MR) is 96.8 cm³/mol. The third-order valence-electron chi connectivity index (χ3n) is 3.84. The minimum absolute atomic E-state index is 0.0442. The van der Waals surface area contributed by atoms with Gasteiger partial charge < -0.3 is 4.90 Å². The van der Waals surface area contributed by atoms with Gasteiger partial charge in [0.05, 0.1) is 17.2 Å². The van der Waals surface area contributed by atoms with E-state index in [1.165, 1.54) is 17.0 Å². The molecule has 0 N–H and O–H groups in total. The SMILES string of the molecule is Cc1ccc([N+](=O)[O-])c(C(=O)N(Cc2ccccn2)c2ccncc2)c1. The molecule has 0 bridgehead atoms. The minimum atomic E-state index is -0.543. The number of nitrogens with zero attached hydrogens (tertiary/aromatic N) is 4.